The molecule has 36 heavy (non-hydrogen) atoms. The molecule has 3 aliphatic rings. The van der Waals surface area contributed by atoms with E-state index in [1.165, 1.54) is 12.1 Å². The first-order valence-corrected chi connectivity index (χ1v) is 11.7. The van der Waals surface area contributed by atoms with Crippen LogP contribution in [0.5, 0.6) is 0 Å². The Kier molecular flexibility index (Phi) is 6.03. The maximum atomic E-state index is 13.1. The van der Waals surface area contributed by atoms with Gasteiger partial charge in [-0.1, -0.05) is 12.1 Å². The van der Waals surface area contributed by atoms with Gasteiger partial charge in [-0.3, -0.25) is 0 Å². The summed E-state index contributed by atoms with van der Waals surface area (Å²) in [6.45, 7) is 0. The van der Waals surface area contributed by atoms with E-state index in [2.05, 4.69) is 0 Å². The first kappa shape index (κ1) is 24.6. The molecule has 2 aromatic rings. The molecule has 0 spiro atoms. The van der Waals surface area contributed by atoms with Crippen molar-refractivity contribution in [3.05, 3.63) is 70.8 Å². The molecule has 5 rings (SSSR count). The fourth-order valence-electron chi connectivity index (χ4n) is 6.28. The second-order valence-corrected chi connectivity index (χ2v) is 9.78. The van der Waals surface area contributed by atoms with E-state index in [-0.39, 0.29) is 28.9 Å². The third kappa shape index (κ3) is 4.57. The molecule has 0 amide bonds. The van der Waals surface area contributed by atoms with Crippen LogP contribution < -0.4 is 0 Å². The first-order chi connectivity index (χ1) is 16.9. The Labute approximate surface area is 202 Å². The van der Waals surface area contributed by atoms with Gasteiger partial charge in [0, 0.05) is 5.92 Å². The Morgan fingerprint density at radius 2 is 1.25 bits per heavy atom. The minimum Gasteiger partial charge on any atom is -0.455 e. The Bertz CT molecular complexity index is 1170. The summed E-state index contributed by atoms with van der Waals surface area (Å²) in [6.07, 6.45) is -7.82. The molecular weight excluding hydrogens is 490 g/mol. The molecule has 0 heterocycles. The molecule has 3 saturated carbocycles. The Balaban J connectivity index is 1.38. The van der Waals surface area contributed by atoms with Crippen molar-refractivity contribution in [1.82, 2.24) is 0 Å². The van der Waals surface area contributed by atoms with Gasteiger partial charge in [-0.05, 0) is 79.8 Å². The van der Waals surface area contributed by atoms with E-state index in [0.717, 1.165) is 43.5 Å². The Morgan fingerprint density at radius 1 is 0.722 bits per heavy atom. The van der Waals surface area contributed by atoms with Crippen molar-refractivity contribution >= 4 is 11.9 Å². The molecule has 2 bridgehead atoms. The van der Waals surface area contributed by atoms with Crippen LogP contribution in [0.1, 0.15) is 57.5 Å². The van der Waals surface area contributed by atoms with Crippen molar-refractivity contribution in [3.63, 3.8) is 0 Å². The monoisotopic (exact) mass is 512 g/mol. The molecular formula is C26H22F6O4. The number of alkyl halides is 6. The van der Waals surface area contributed by atoms with Gasteiger partial charge in [-0.2, -0.15) is 26.3 Å². The second kappa shape index (κ2) is 8.81. The summed E-state index contributed by atoms with van der Waals surface area (Å²) in [5, 5.41) is 0. The van der Waals surface area contributed by atoms with E-state index in [1.807, 2.05) is 0 Å². The van der Waals surface area contributed by atoms with Gasteiger partial charge in [0.05, 0.1) is 22.3 Å². The molecule has 0 radical (unpaired) electrons. The lowest BCUT2D eigenvalue weighted by Gasteiger charge is -2.29. The number of esters is 2. The highest BCUT2D eigenvalue weighted by Crippen LogP contribution is 2.60. The minimum atomic E-state index is -4.64. The summed E-state index contributed by atoms with van der Waals surface area (Å²) in [4.78, 5) is 25.7. The van der Waals surface area contributed by atoms with Crippen LogP contribution in [0.2, 0.25) is 0 Å². The van der Waals surface area contributed by atoms with E-state index in [4.69, 9.17) is 9.47 Å². The van der Waals surface area contributed by atoms with Crippen LogP contribution in [-0.4, -0.2) is 24.1 Å². The molecule has 0 N–H and O–H groups in total. The lowest BCUT2D eigenvalue weighted by Crippen LogP contribution is -2.37. The number of halogens is 6. The number of benzene rings is 2. The summed E-state index contributed by atoms with van der Waals surface area (Å²) in [7, 11) is 0. The van der Waals surface area contributed by atoms with Gasteiger partial charge in [-0.25, -0.2) is 9.59 Å². The first-order valence-electron chi connectivity index (χ1n) is 11.7. The average molecular weight is 512 g/mol. The summed E-state index contributed by atoms with van der Waals surface area (Å²) in [5.74, 6) is -1.34. The molecule has 192 valence electrons. The molecule has 10 heteroatoms. The lowest BCUT2D eigenvalue weighted by molar-refractivity contribution is -0.138. The average Bonchev–Trinajstić information content (AvgIpc) is 3.52. The van der Waals surface area contributed by atoms with E-state index < -0.39 is 47.6 Å². The summed E-state index contributed by atoms with van der Waals surface area (Å²) in [5.41, 5.74) is -2.55. The number of carbonyl (C=O) groups excluding carboxylic acids is 2. The number of fused-ring (bicyclic) bond motifs is 5. The standard InChI is InChI=1S/C26H22F6O4/c27-25(28,29)17-5-1-3-15(10-17)23(33)35-20-12-19-13-7-8-14(9-13)21(19)22(20)36-24(34)16-4-2-6-18(11-16)26(30,31)32/h1-6,10-11,13-14,19-22H,7-9,12H2. The predicted molar refractivity (Wildman–Crippen MR) is 114 cm³/mol. The van der Waals surface area contributed by atoms with Crippen LogP contribution in [0, 0.1) is 23.7 Å². The lowest BCUT2D eigenvalue weighted by atomic mass is 9.81. The third-order valence-electron chi connectivity index (χ3n) is 7.76. The predicted octanol–water partition coefficient (Wildman–Crippen LogP) is 6.54. The molecule has 0 saturated heterocycles. The zero-order valence-electron chi connectivity index (χ0n) is 18.8. The van der Waals surface area contributed by atoms with Crippen molar-refractivity contribution in [2.75, 3.05) is 0 Å². The number of hydrogen-bond donors (Lipinski definition) is 0. The molecule has 4 nitrogen and oxygen atoms in total. The van der Waals surface area contributed by atoms with Gasteiger partial charge in [0.2, 0.25) is 0 Å². The van der Waals surface area contributed by atoms with Crippen molar-refractivity contribution < 1.29 is 45.4 Å². The molecule has 0 aromatic heterocycles. The number of hydrogen-bond acceptors (Lipinski definition) is 4. The van der Waals surface area contributed by atoms with Gasteiger partial charge >= 0.3 is 24.3 Å². The highest BCUT2D eigenvalue weighted by Gasteiger charge is 2.59. The van der Waals surface area contributed by atoms with Crippen molar-refractivity contribution in [3.8, 4) is 0 Å². The largest absolute Gasteiger partial charge is 0.455 e. The molecule has 3 fully saturated rings. The highest BCUT2D eigenvalue weighted by atomic mass is 19.4. The maximum absolute atomic E-state index is 13.1. The maximum Gasteiger partial charge on any atom is 0.416 e. The number of rotatable bonds is 4. The zero-order chi connectivity index (χ0) is 25.8. The van der Waals surface area contributed by atoms with Gasteiger partial charge < -0.3 is 9.47 Å². The summed E-state index contributed by atoms with van der Waals surface area (Å²) in [6, 6.07) is 7.74. The fraction of sp³-hybridized carbons (Fsp3) is 0.462. The fourth-order valence-corrected chi connectivity index (χ4v) is 6.28. The van der Waals surface area contributed by atoms with Crippen molar-refractivity contribution in [1.29, 1.82) is 0 Å². The van der Waals surface area contributed by atoms with Crippen molar-refractivity contribution in [2.45, 2.75) is 50.2 Å². The van der Waals surface area contributed by atoms with E-state index >= 15 is 0 Å². The SMILES string of the molecule is O=C(OC1CC2C3CCC(C3)C2C1OC(=O)c1cccc(C(F)(F)F)c1)c1cccc(C(F)(F)F)c1. The zero-order valence-corrected chi connectivity index (χ0v) is 18.8. The minimum absolute atomic E-state index is 0.113. The molecule has 6 atom stereocenters. The third-order valence-corrected chi connectivity index (χ3v) is 7.76. The van der Waals surface area contributed by atoms with E-state index in [0.29, 0.717) is 24.5 Å². The summed E-state index contributed by atoms with van der Waals surface area (Å²) >= 11 is 0. The van der Waals surface area contributed by atoms with Crippen LogP contribution >= 0.6 is 0 Å². The Hall–Kier alpha value is -3.04. The van der Waals surface area contributed by atoms with Gasteiger partial charge in [-0.15, -0.1) is 0 Å². The number of ether oxygens (including phenoxy) is 2. The van der Waals surface area contributed by atoms with E-state index in [9.17, 15) is 35.9 Å². The molecule has 0 aliphatic heterocycles. The normalized spacial score (nSPS) is 29.2. The van der Waals surface area contributed by atoms with Gasteiger partial charge in [0.1, 0.15) is 12.2 Å². The van der Waals surface area contributed by atoms with Crippen LogP contribution in [0.4, 0.5) is 26.3 Å². The van der Waals surface area contributed by atoms with Gasteiger partial charge in [0.15, 0.2) is 0 Å². The topological polar surface area (TPSA) is 52.6 Å². The molecule has 2 aromatic carbocycles. The van der Waals surface area contributed by atoms with E-state index in [1.54, 1.807) is 0 Å². The van der Waals surface area contributed by atoms with Crippen LogP contribution in [0.15, 0.2) is 48.5 Å². The van der Waals surface area contributed by atoms with Crippen molar-refractivity contribution in [2.24, 2.45) is 23.7 Å². The molecule has 3 aliphatic carbocycles. The quantitative estimate of drug-likeness (QED) is 0.345. The van der Waals surface area contributed by atoms with Gasteiger partial charge in [0.25, 0.3) is 0 Å². The second-order valence-electron chi connectivity index (χ2n) is 9.78. The van der Waals surface area contributed by atoms with Crippen LogP contribution in [-0.2, 0) is 21.8 Å². The smallest absolute Gasteiger partial charge is 0.416 e. The Morgan fingerprint density at radius 3 is 1.81 bits per heavy atom. The number of carbonyl (C=O) groups is 2. The summed E-state index contributed by atoms with van der Waals surface area (Å²) < 4.78 is 89.8. The van der Waals surface area contributed by atoms with Crippen LogP contribution in [0.25, 0.3) is 0 Å². The highest BCUT2D eigenvalue weighted by molar-refractivity contribution is 5.90. The van der Waals surface area contributed by atoms with Crippen LogP contribution in [0.3, 0.4) is 0 Å². The molecule has 6 unspecified atom stereocenters.